The zero-order valence-electron chi connectivity index (χ0n) is 14.8. The van der Waals surface area contributed by atoms with Gasteiger partial charge in [0.15, 0.2) is 0 Å². The molecule has 2 fully saturated rings. The Morgan fingerprint density at radius 3 is 2.78 bits per heavy atom. The molecule has 1 N–H and O–H groups in total. The Labute approximate surface area is 167 Å². The number of hydrogen-bond acceptors (Lipinski definition) is 4. The molecule has 0 aromatic heterocycles. The predicted molar refractivity (Wildman–Crippen MR) is 107 cm³/mol. The minimum atomic E-state index is -0.508. The number of rotatable bonds is 4. The summed E-state index contributed by atoms with van der Waals surface area (Å²) in [5.41, 5.74) is 1.66. The van der Waals surface area contributed by atoms with E-state index in [1.165, 1.54) is 7.11 Å². The van der Waals surface area contributed by atoms with Crippen LogP contribution in [-0.2, 0) is 14.5 Å². The Balaban J connectivity index is 1.58. The summed E-state index contributed by atoms with van der Waals surface area (Å²) in [7, 11) is 1.54. The van der Waals surface area contributed by atoms with E-state index < -0.39 is 10.9 Å². The molecule has 0 unspecified atom stereocenters. The number of anilines is 1. The summed E-state index contributed by atoms with van der Waals surface area (Å²) in [5.74, 6) is 0.938. The van der Waals surface area contributed by atoms with Crippen molar-refractivity contribution in [1.29, 1.82) is 0 Å². The fraction of sp³-hybridized carbons (Fsp3) is 0.300. The lowest BCUT2D eigenvalue weighted by atomic mass is 10.0. The Bertz CT molecular complexity index is 892. The van der Waals surface area contributed by atoms with Crippen molar-refractivity contribution >= 4 is 40.9 Å². The zero-order valence-corrected chi connectivity index (χ0v) is 16.3. The molecule has 2 amide bonds. The number of halogens is 1. The lowest BCUT2D eigenvalue weighted by molar-refractivity contribution is -0.136. The van der Waals surface area contributed by atoms with Crippen LogP contribution in [0.15, 0.2) is 48.5 Å². The Morgan fingerprint density at radius 1 is 1.30 bits per heavy atom. The number of carbonyl (C=O) groups is 2. The average molecular weight is 403 g/mol. The van der Waals surface area contributed by atoms with Crippen LogP contribution >= 0.6 is 23.4 Å². The highest BCUT2D eigenvalue weighted by molar-refractivity contribution is 8.00. The zero-order chi connectivity index (χ0) is 19.0. The molecule has 0 aliphatic carbocycles. The first-order valence-corrected chi connectivity index (χ1v) is 10.1. The second-order valence-electron chi connectivity index (χ2n) is 6.58. The van der Waals surface area contributed by atoms with Crippen LogP contribution in [0, 0.1) is 0 Å². The number of fused-ring (bicyclic) bond motifs is 1. The molecule has 2 aliphatic rings. The highest BCUT2D eigenvalue weighted by atomic mass is 35.5. The average Bonchev–Trinajstić information content (AvgIpc) is 3.22. The maximum absolute atomic E-state index is 12.9. The van der Waals surface area contributed by atoms with E-state index >= 15 is 0 Å². The molecule has 0 bridgehead atoms. The largest absolute Gasteiger partial charge is 0.495 e. The van der Waals surface area contributed by atoms with Crippen LogP contribution in [0.2, 0.25) is 5.02 Å². The van der Waals surface area contributed by atoms with E-state index in [0.717, 1.165) is 12.0 Å². The van der Waals surface area contributed by atoms with Gasteiger partial charge < -0.3 is 15.0 Å². The van der Waals surface area contributed by atoms with Gasteiger partial charge in [0.1, 0.15) is 16.7 Å². The van der Waals surface area contributed by atoms with Gasteiger partial charge in [-0.25, -0.2) is 0 Å². The maximum atomic E-state index is 12.9. The molecule has 0 saturated carbocycles. The standard InChI is InChI=1S/C20H19ClN2O3S/c1-26-17-8-7-14(11-15(17)21)22-19(25)16-12-27-20(10-9-18(24)23(16)20)13-5-3-2-4-6-13/h2-8,11,16H,9-10,12H2,1H3,(H,22,25)/t16-,20+/m0/s1. The highest BCUT2D eigenvalue weighted by Gasteiger charge is 2.56. The molecular weight excluding hydrogens is 384 g/mol. The van der Waals surface area contributed by atoms with E-state index in [-0.39, 0.29) is 11.8 Å². The Morgan fingerprint density at radius 2 is 2.07 bits per heavy atom. The van der Waals surface area contributed by atoms with Crippen molar-refractivity contribution in [2.75, 3.05) is 18.2 Å². The van der Waals surface area contributed by atoms with Gasteiger partial charge in [-0.2, -0.15) is 0 Å². The molecule has 2 saturated heterocycles. The molecular formula is C20H19ClN2O3S. The number of methoxy groups -OCH3 is 1. The summed E-state index contributed by atoms with van der Waals surface area (Å²) in [6.45, 7) is 0. The molecule has 7 heteroatoms. The number of amides is 2. The molecule has 2 aromatic carbocycles. The Hall–Kier alpha value is -2.18. The molecule has 5 nitrogen and oxygen atoms in total. The summed E-state index contributed by atoms with van der Waals surface area (Å²) in [6, 6.07) is 14.5. The number of ether oxygens (including phenoxy) is 1. The van der Waals surface area contributed by atoms with Gasteiger partial charge in [-0.3, -0.25) is 9.59 Å². The van der Waals surface area contributed by atoms with Gasteiger partial charge in [-0.05, 0) is 30.2 Å². The fourth-order valence-corrected chi connectivity index (χ4v) is 5.71. The summed E-state index contributed by atoms with van der Waals surface area (Å²) in [6.07, 6.45) is 1.18. The monoisotopic (exact) mass is 402 g/mol. The minimum Gasteiger partial charge on any atom is -0.495 e. The third-order valence-corrected chi connectivity index (χ3v) is 6.97. The number of thioether (sulfide) groups is 1. The van der Waals surface area contributed by atoms with E-state index in [2.05, 4.69) is 5.32 Å². The van der Waals surface area contributed by atoms with Crippen molar-refractivity contribution in [3.63, 3.8) is 0 Å². The first-order chi connectivity index (χ1) is 13.0. The topological polar surface area (TPSA) is 58.6 Å². The molecule has 2 aliphatic heterocycles. The highest BCUT2D eigenvalue weighted by Crippen LogP contribution is 2.54. The van der Waals surface area contributed by atoms with Crippen LogP contribution < -0.4 is 10.1 Å². The van der Waals surface area contributed by atoms with Crippen LogP contribution in [-0.4, -0.2) is 35.6 Å². The van der Waals surface area contributed by atoms with Gasteiger partial charge in [-0.1, -0.05) is 41.9 Å². The van der Waals surface area contributed by atoms with Crippen LogP contribution in [0.25, 0.3) is 0 Å². The number of carbonyl (C=O) groups excluding carboxylic acids is 2. The van der Waals surface area contributed by atoms with E-state index in [1.54, 1.807) is 34.9 Å². The third-order valence-electron chi connectivity index (χ3n) is 5.07. The third kappa shape index (κ3) is 3.07. The predicted octanol–water partition coefficient (Wildman–Crippen LogP) is 3.88. The van der Waals surface area contributed by atoms with Gasteiger partial charge in [0.25, 0.3) is 0 Å². The second kappa shape index (κ2) is 7.09. The van der Waals surface area contributed by atoms with Gasteiger partial charge in [0, 0.05) is 17.9 Å². The molecule has 2 heterocycles. The van der Waals surface area contributed by atoms with Crippen molar-refractivity contribution in [3.05, 3.63) is 59.1 Å². The van der Waals surface area contributed by atoms with Gasteiger partial charge >= 0.3 is 0 Å². The summed E-state index contributed by atoms with van der Waals surface area (Å²) in [5, 5.41) is 3.31. The molecule has 2 aromatic rings. The molecule has 2 atom stereocenters. The number of nitrogens with zero attached hydrogens (tertiary/aromatic N) is 1. The van der Waals surface area contributed by atoms with Crippen molar-refractivity contribution in [1.82, 2.24) is 4.90 Å². The quantitative estimate of drug-likeness (QED) is 0.843. The van der Waals surface area contributed by atoms with Crippen LogP contribution in [0.5, 0.6) is 5.75 Å². The van der Waals surface area contributed by atoms with Crippen LogP contribution in [0.1, 0.15) is 18.4 Å². The SMILES string of the molecule is COc1ccc(NC(=O)[C@@H]2CS[C@@]3(c4ccccc4)CCC(=O)N23)cc1Cl. The second-order valence-corrected chi connectivity index (χ2v) is 8.28. The molecule has 140 valence electrons. The maximum Gasteiger partial charge on any atom is 0.248 e. The van der Waals surface area contributed by atoms with E-state index in [9.17, 15) is 9.59 Å². The first-order valence-electron chi connectivity index (χ1n) is 8.71. The summed E-state index contributed by atoms with van der Waals surface area (Å²) < 4.78 is 5.14. The number of hydrogen-bond donors (Lipinski definition) is 1. The summed E-state index contributed by atoms with van der Waals surface area (Å²) in [4.78, 5) is 26.9. The first kappa shape index (κ1) is 18.2. The number of nitrogens with one attached hydrogen (secondary N) is 1. The van der Waals surface area contributed by atoms with Gasteiger partial charge in [-0.15, -0.1) is 11.8 Å². The lowest BCUT2D eigenvalue weighted by Crippen LogP contribution is -2.48. The lowest BCUT2D eigenvalue weighted by Gasteiger charge is -2.34. The molecule has 4 rings (SSSR count). The van der Waals surface area contributed by atoms with Crippen LogP contribution in [0.4, 0.5) is 5.69 Å². The van der Waals surface area contributed by atoms with Crippen molar-refractivity contribution in [2.24, 2.45) is 0 Å². The Kier molecular flexibility index (Phi) is 4.78. The van der Waals surface area contributed by atoms with E-state index in [1.807, 2.05) is 30.3 Å². The minimum absolute atomic E-state index is 0.0248. The molecule has 27 heavy (non-hydrogen) atoms. The van der Waals surface area contributed by atoms with E-state index in [0.29, 0.717) is 28.6 Å². The molecule has 0 spiro atoms. The number of benzene rings is 2. The van der Waals surface area contributed by atoms with Gasteiger partial charge in [0.2, 0.25) is 11.8 Å². The normalized spacial score (nSPS) is 24.0. The van der Waals surface area contributed by atoms with E-state index in [4.69, 9.17) is 16.3 Å². The van der Waals surface area contributed by atoms with Crippen LogP contribution in [0.3, 0.4) is 0 Å². The fourth-order valence-electron chi connectivity index (χ4n) is 3.81. The smallest absolute Gasteiger partial charge is 0.248 e. The van der Waals surface area contributed by atoms with Crippen molar-refractivity contribution < 1.29 is 14.3 Å². The summed E-state index contributed by atoms with van der Waals surface area (Å²) >= 11 is 7.81. The van der Waals surface area contributed by atoms with Crippen molar-refractivity contribution in [3.8, 4) is 5.75 Å². The molecule has 0 radical (unpaired) electrons. The van der Waals surface area contributed by atoms with Gasteiger partial charge in [0.05, 0.1) is 12.1 Å². The van der Waals surface area contributed by atoms with Crippen molar-refractivity contribution in [2.45, 2.75) is 23.8 Å².